The molecule has 0 spiro atoms. The normalized spacial score (nSPS) is 19.5. The lowest BCUT2D eigenvalue weighted by atomic mass is 10.0. The summed E-state index contributed by atoms with van der Waals surface area (Å²) < 4.78 is 44.3. The van der Waals surface area contributed by atoms with Crippen LogP contribution in [0.4, 0.5) is 24.1 Å². The number of aliphatic hydroxyl groups excluding tert-OH is 1. The third-order valence-corrected chi connectivity index (χ3v) is 7.35. The molecule has 4 heterocycles. The molecule has 2 aromatic heterocycles. The van der Waals surface area contributed by atoms with Crippen LogP contribution in [-0.2, 0) is 32.3 Å². The quantitative estimate of drug-likeness (QED) is 0.0955. The van der Waals surface area contributed by atoms with Crippen LogP contribution >= 0.6 is 23.3 Å². The van der Waals surface area contributed by atoms with E-state index >= 15 is 0 Å². The Hall–Kier alpha value is -3.91. The summed E-state index contributed by atoms with van der Waals surface area (Å²) in [6.45, 7) is -1.85. The first-order chi connectivity index (χ1) is 18.4. The van der Waals surface area contributed by atoms with E-state index in [1.54, 1.807) is 16.9 Å². The minimum atomic E-state index is -4.74. The van der Waals surface area contributed by atoms with Gasteiger partial charge >= 0.3 is 6.18 Å². The summed E-state index contributed by atoms with van der Waals surface area (Å²) in [6.07, 6.45) is -3.15. The van der Waals surface area contributed by atoms with Crippen molar-refractivity contribution >= 4 is 57.7 Å². The Morgan fingerprint density at radius 1 is 1.38 bits per heavy atom. The number of β-lactam (4-membered cyclic amide) rings is 1. The van der Waals surface area contributed by atoms with Crippen molar-refractivity contribution in [1.29, 1.82) is 0 Å². The molecule has 15 nitrogen and oxygen atoms in total. The summed E-state index contributed by atoms with van der Waals surface area (Å²) in [5.74, 6) is -3.51. The Kier molecular flexibility index (Phi) is 7.97. The van der Waals surface area contributed by atoms with Gasteiger partial charge in [-0.05, 0) is 0 Å². The number of carbonyl (C=O) groups is 3. The van der Waals surface area contributed by atoms with E-state index in [2.05, 4.69) is 24.7 Å². The molecule has 0 aliphatic carbocycles. The van der Waals surface area contributed by atoms with Gasteiger partial charge in [-0.3, -0.25) is 14.5 Å². The standard InChI is InChI=1S/C19H20F3N9O6S2/c20-19(21,22)7-37-27-10(13-26-18(24)39-28-13)14(33)25-11-15(34)31-12(17(35)36)8(6-38-16(11)31)5-29-2-1-9(23)30(29)3-4-32/h1-2,11,16,23,32H,3-7H2,(H4,24,25,26,28,33,35,36)/t11-,16-/m1/s1. The van der Waals surface area contributed by atoms with Crippen molar-refractivity contribution in [3.05, 3.63) is 29.4 Å². The number of fused-ring (bicyclic) bond motifs is 1. The molecule has 210 valence electrons. The number of aliphatic carboxylic acids is 1. The molecule has 39 heavy (non-hydrogen) atoms. The highest BCUT2D eigenvalue weighted by molar-refractivity contribution is 8.00. The lowest BCUT2D eigenvalue weighted by molar-refractivity contribution is -0.767. The van der Waals surface area contributed by atoms with Crippen molar-refractivity contribution in [3.63, 3.8) is 0 Å². The molecule has 0 saturated carbocycles. The van der Waals surface area contributed by atoms with Gasteiger partial charge in [0.1, 0.15) is 18.0 Å². The van der Waals surface area contributed by atoms with E-state index in [0.717, 1.165) is 16.7 Å². The van der Waals surface area contributed by atoms with Crippen LogP contribution in [0.25, 0.3) is 0 Å². The molecule has 20 heteroatoms. The van der Waals surface area contributed by atoms with Gasteiger partial charge in [-0.1, -0.05) is 5.16 Å². The fraction of sp³-hybridized carbons (Fsp3) is 0.421. The molecule has 4 rings (SSSR count). The van der Waals surface area contributed by atoms with Crippen molar-refractivity contribution in [2.24, 2.45) is 5.16 Å². The maximum atomic E-state index is 13.0. The SMILES string of the molecule is Nc1nc(C(=NOCC(F)(F)F)C(=O)N[C@@H]2C(=O)N3C(C(=O)[O-])=C(C[n+]4ccc(N)n4CCO)CS[C@H]23)ns1. The number of hydrogen-bond acceptors (Lipinski definition) is 13. The average Bonchev–Trinajstić information content (AvgIpc) is 3.44. The molecule has 2 aliphatic rings. The number of rotatable bonds is 10. The highest BCUT2D eigenvalue weighted by Crippen LogP contribution is 2.40. The van der Waals surface area contributed by atoms with Crippen molar-refractivity contribution in [3.8, 4) is 0 Å². The summed E-state index contributed by atoms with van der Waals surface area (Å²) in [5, 5.41) is 25.9. The Balaban J connectivity index is 1.53. The number of nitrogen functional groups attached to an aromatic ring is 2. The number of oxime groups is 1. The molecule has 6 N–H and O–H groups in total. The zero-order valence-electron chi connectivity index (χ0n) is 19.6. The third-order valence-electron chi connectivity index (χ3n) is 5.47. The third kappa shape index (κ3) is 5.91. The maximum absolute atomic E-state index is 13.0. The van der Waals surface area contributed by atoms with E-state index in [9.17, 15) is 37.8 Å². The van der Waals surface area contributed by atoms with Gasteiger partial charge in [0.25, 0.3) is 11.8 Å². The van der Waals surface area contributed by atoms with Crippen molar-refractivity contribution < 1.29 is 47.3 Å². The number of carbonyl (C=O) groups excluding carboxylic acids is 3. The number of aliphatic hydroxyl groups is 1. The van der Waals surface area contributed by atoms with Crippen LogP contribution in [0.15, 0.2) is 28.7 Å². The number of aromatic nitrogens is 4. The predicted octanol–water partition coefficient (Wildman–Crippen LogP) is -2.83. The van der Waals surface area contributed by atoms with Crippen molar-refractivity contribution in [2.45, 2.75) is 30.7 Å². The Morgan fingerprint density at radius 2 is 2.13 bits per heavy atom. The molecular formula is C19H20F3N9O6S2. The van der Waals surface area contributed by atoms with Crippen LogP contribution in [0, 0.1) is 0 Å². The van der Waals surface area contributed by atoms with Crippen LogP contribution in [0.3, 0.4) is 0 Å². The number of nitrogens with zero attached hydrogens (tertiary/aromatic N) is 6. The largest absolute Gasteiger partial charge is 0.543 e. The fourth-order valence-corrected chi connectivity index (χ4v) is 5.62. The van der Waals surface area contributed by atoms with Gasteiger partial charge in [0, 0.05) is 22.9 Å². The molecule has 2 amide bonds. The number of halogens is 3. The molecule has 2 aromatic rings. The fourth-order valence-electron chi connectivity index (χ4n) is 3.85. The Bertz CT molecular complexity index is 1360. The van der Waals surface area contributed by atoms with E-state index in [-0.39, 0.29) is 36.3 Å². The molecule has 2 atom stereocenters. The zero-order chi connectivity index (χ0) is 28.5. The minimum absolute atomic E-state index is 0.0192. The number of alkyl halides is 3. The Morgan fingerprint density at radius 3 is 2.74 bits per heavy atom. The number of nitrogens with two attached hydrogens (primary N) is 2. The monoisotopic (exact) mass is 591 g/mol. The van der Waals surface area contributed by atoms with E-state index < -0.39 is 53.5 Å². The van der Waals surface area contributed by atoms with Crippen LogP contribution in [0.1, 0.15) is 5.82 Å². The first-order valence-corrected chi connectivity index (χ1v) is 12.7. The Labute approximate surface area is 225 Å². The first-order valence-electron chi connectivity index (χ1n) is 10.9. The van der Waals surface area contributed by atoms with Gasteiger partial charge in [0.2, 0.25) is 18.1 Å². The number of thioether (sulfide) groups is 1. The molecule has 1 fully saturated rings. The lowest BCUT2D eigenvalue weighted by Crippen LogP contribution is -2.71. The second-order valence-electron chi connectivity index (χ2n) is 8.07. The summed E-state index contributed by atoms with van der Waals surface area (Å²) in [5.41, 5.74) is 10.6. The predicted molar refractivity (Wildman–Crippen MR) is 126 cm³/mol. The summed E-state index contributed by atoms with van der Waals surface area (Å²) in [7, 11) is 0. The molecule has 0 bridgehead atoms. The van der Waals surface area contributed by atoms with Crippen LogP contribution in [0.5, 0.6) is 0 Å². The van der Waals surface area contributed by atoms with Gasteiger partial charge in [-0.15, -0.1) is 21.1 Å². The van der Waals surface area contributed by atoms with Gasteiger partial charge in [0.15, 0.2) is 23.7 Å². The van der Waals surface area contributed by atoms with E-state index in [4.69, 9.17) is 11.5 Å². The van der Waals surface area contributed by atoms with Crippen molar-refractivity contribution in [2.75, 3.05) is 30.4 Å². The second-order valence-corrected chi connectivity index (χ2v) is 9.96. The van der Waals surface area contributed by atoms with E-state index in [1.807, 2.05) is 0 Å². The average molecular weight is 592 g/mol. The molecular weight excluding hydrogens is 571 g/mol. The van der Waals surface area contributed by atoms with Gasteiger partial charge in [-0.25, -0.2) is 0 Å². The number of carboxylic acid groups (broad SMARTS) is 1. The van der Waals surface area contributed by atoms with Gasteiger partial charge in [0.05, 0.1) is 24.3 Å². The van der Waals surface area contributed by atoms with Crippen LogP contribution in [0.2, 0.25) is 0 Å². The molecule has 1 saturated heterocycles. The number of amides is 2. The molecule has 0 unspecified atom stereocenters. The molecule has 0 radical (unpaired) electrons. The van der Waals surface area contributed by atoms with Crippen LogP contribution < -0.4 is 26.6 Å². The summed E-state index contributed by atoms with van der Waals surface area (Å²) in [6, 6.07) is 0.319. The zero-order valence-corrected chi connectivity index (χ0v) is 21.3. The number of anilines is 2. The summed E-state index contributed by atoms with van der Waals surface area (Å²) >= 11 is 1.79. The van der Waals surface area contributed by atoms with Crippen LogP contribution in [-0.4, -0.2) is 84.1 Å². The van der Waals surface area contributed by atoms with Crippen molar-refractivity contribution in [1.82, 2.24) is 24.3 Å². The van der Waals surface area contributed by atoms with Gasteiger partial charge < -0.3 is 36.6 Å². The highest BCUT2D eigenvalue weighted by Gasteiger charge is 2.53. The lowest BCUT2D eigenvalue weighted by Gasteiger charge is -2.50. The topological polar surface area (TPSA) is 218 Å². The first kappa shape index (κ1) is 28.1. The maximum Gasteiger partial charge on any atom is 0.425 e. The van der Waals surface area contributed by atoms with E-state index in [1.165, 1.54) is 4.68 Å². The molecule has 2 aliphatic heterocycles. The number of hydrogen-bond donors (Lipinski definition) is 4. The number of nitrogens with one attached hydrogen (secondary N) is 1. The number of carboxylic acids is 1. The van der Waals surface area contributed by atoms with Gasteiger partial charge in [-0.2, -0.15) is 22.5 Å². The summed E-state index contributed by atoms with van der Waals surface area (Å²) in [4.78, 5) is 46.8. The smallest absolute Gasteiger partial charge is 0.425 e. The minimum Gasteiger partial charge on any atom is -0.543 e. The molecule has 0 aromatic carbocycles. The second kappa shape index (κ2) is 11.1. The van der Waals surface area contributed by atoms with E-state index in [0.29, 0.717) is 22.9 Å². The highest BCUT2D eigenvalue weighted by atomic mass is 32.2.